The minimum atomic E-state index is -3.69. The van der Waals surface area contributed by atoms with E-state index in [9.17, 15) is 8.42 Å². The molecule has 0 unspecified atom stereocenters. The molecule has 106 valence electrons. The number of nitrogens with zero attached hydrogens (tertiary/aromatic N) is 2. The van der Waals surface area contributed by atoms with Gasteiger partial charge in [0, 0.05) is 19.4 Å². The van der Waals surface area contributed by atoms with Gasteiger partial charge in [0.2, 0.25) is 0 Å². The molecule has 0 atom stereocenters. The number of aryl methyl sites for hydroxylation is 1. The largest absolute Gasteiger partial charge is 0.397 e. The van der Waals surface area contributed by atoms with Crippen LogP contribution in [-0.4, -0.2) is 20.4 Å². The smallest absolute Gasteiger partial charge is 0.264 e. The number of hydrogen-bond donors (Lipinski definition) is 1. The monoisotopic (exact) mass is 311 g/mol. The Morgan fingerprint density at radius 1 is 1.25 bits per heavy atom. The lowest BCUT2D eigenvalue weighted by Gasteiger charge is -2.20. The number of nitrogen functional groups attached to an aromatic ring is 1. The Bertz CT molecular complexity index is 710. The van der Waals surface area contributed by atoms with E-state index in [1.165, 1.54) is 35.9 Å². The van der Waals surface area contributed by atoms with Crippen molar-refractivity contribution < 1.29 is 8.42 Å². The maximum atomic E-state index is 12.6. The van der Waals surface area contributed by atoms with Gasteiger partial charge in [-0.25, -0.2) is 8.42 Å². The molecule has 2 rings (SSSR count). The fourth-order valence-electron chi connectivity index (χ4n) is 1.76. The fraction of sp³-hybridized carbons (Fsp3) is 0.154. The van der Waals surface area contributed by atoms with E-state index in [-0.39, 0.29) is 10.6 Å². The zero-order chi connectivity index (χ0) is 14.9. The molecule has 0 aliphatic heterocycles. The third kappa shape index (κ3) is 2.57. The number of halogens is 1. The maximum absolute atomic E-state index is 12.6. The van der Waals surface area contributed by atoms with E-state index in [1.54, 1.807) is 19.1 Å². The second-order valence-electron chi connectivity index (χ2n) is 4.32. The molecule has 0 aliphatic carbocycles. The summed E-state index contributed by atoms with van der Waals surface area (Å²) in [7, 11) is -2.21. The van der Waals surface area contributed by atoms with E-state index in [4.69, 9.17) is 17.3 Å². The lowest BCUT2D eigenvalue weighted by atomic mass is 10.2. The van der Waals surface area contributed by atoms with Crippen LogP contribution < -0.4 is 10.0 Å². The van der Waals surface area contributed by atoms with Crippen molar-refractivity contribution in [2.45, 2.75) is 11.8 Å². The highest BCUT2D eigenvalue weighted by atomic mass is 35.5. The van der Waals surface area contributed by atoms with Gasteiger partial charge in [0.1, 0.15) is 0 Å². The number of nitrogens with two attached hydrogens (primary N) is 1. The van der Waals surface area contributed by atoms with Gasteiger partial charge in [-0.1, -0.05) is 11.6 Å². The number of pyridine rings is 1. The Balaban J connectivity index is 2.51. The first kappa shape index (κ1) is 14.6. The second kappa shape index (κ2) is 5.30. The summed E-state index contributed by atoms with van der Waals surface area (Å²) in [6.45, 7) is 1.71. The Hall–Kier alpha value is -1.79. The van der Waals surface area contributed by atoms with Gasteiger partial charge in [-0.2, -0.15) is 0 Å². The summed E-state index contributed by atoms with van der Waals surface area (Å²) in [5, 5.41) is 0.371. The summed E-state index contributed by atoms with van der Waals surface area (Å²) >= 11 is 5.95. The van der Waals surface area contributed by atoms with Crippen molar-refractivity contribution in [3.63, 3.8) is 0 Å². The zero-order valence-corrected chi connectivity index (χ0v) is 12.6. The molecular formula is C13H14ClN3O2S. The first-order valence-corrected chi connectivity index (χ1v) is 7.60. The van der Waals surface area contributed by atoms with Gasteiger partial charge in [-0.3, -0.25) is 9.29 Å². The quantitative estimate of drug-likeness (QED) is 0.883. The molecule has 7 heteroatoms. The van der Waals surface area contributed by atoms with Crippen molar-refractivity contribution in [1.29, 1.82) is 0 Å². The van der Waals surface area contributed by atoms with E-state index in [0.717, 1.165) is 0 Å². The highest BCUT2D eigenvalue weighted by Gasteiger charge is 2.22. The molecular weight excluding hydrogens is 298 g/mol. The molecule has 0 saturated heterocycles. The molecule has 5 nitrogen and oxygen atoms in total. The predicted octanol–water partition coefficient (Wildman–Crippen LogP) is 2.45. The summed E-state index contributed by atoms with van der Waals surface area (Å²) in [6, 6.07) is 6.10. The lowest BCUT2D eigenvalue weighted by Crippen LogP contribution is -2.26. The van der Waals surface area contributed by atoms with Crippen LogP contribution in [0.2, 0.25) is 5.02 Å². The van der Waals surface area contributed by atoms with Crippen LogP contribution in [0.15, 0.2) is 41.6 Å². The fourth-order valence-corrected chi connectivity index (χ4v) is 3.19. The molecule has 0 aliphatic rings. The van der Waals surface area contributed by atoms with Crippen molar-refractivity contribution in [3.8, 4) is 0 Å². The second-order valence-corrected chi connectivity index (χ2v) is 6.67. The summed E-state index contributed by atoms with van der Waals surface area (Å²) in [5.74, 6) is 0. The van der Waals surface area contributed by atoms with E-state index in [1.807, 2.05) is 0 Å². The Kier molecular flexibility index (Phi) is 3.87. The predicted molar refractivity (Wildman–Crippen MR) is 80.4 cm³/mol. The van der Waals surface area contributed by atoms with E-state index < -0.39 is 10.0 Å². The Morgan fingerprint density at radius 3 is 2.40 bits per heavy atom. The molecule has 0 spiro atoms. The van der Waals surface area contributed by atoms with Crippen LogP contribution in [0, 0.1) is 6.92 Å². The zero-order valence-electron chi connectivity index (χ0n) is 11.0. The molecule has 2 N–H and O–H groups in total. The average molecular weight is 312 g/mol. The highest BCUT2D eigenvalue weighted by molar-refractivity contribution is 7.92. The van der Waals surface area contributed by atoms with Crippen LogP contribution in [0.25, 0.3) is 0 Å². The average Bonchev–Trinajstić information content (AvgIpc) is 2.44. The number of anilines is 2. The molecule has 2 aromatic rings. The van der Waals surface area contributed by atoms with Gasteiger partial charge in [-0.05, 0) is 36.8 Å². The van der Waals surface area contributed by atoms with Crippen molar-refractivity contribution in [2.75, 3.05) is 17.1 Å². The minimum absolute atomic E-state index is 0.108. The SMILES string of the molecule is Cc1cc(S(=O)(=O)N(C)c2ccncc2)cc(N)c1Cl. The summed E-state index contributed by atoms with van der Waals surface area (Å²) in [4.78, 5) is 3.97. The molecule has 20 heavy (non-hydrogen) atoms. The van der Waals surface area contributed by atoms with Gasteiger partial charge in [-0.15, -0.1) is 0 Å². The number of rotatable bonds is 3. The van der Waals surface area contributed by atoms with Crippen LogP contribution in [0.3, 0.4) is 0 Å². The normalized spacial score (nSPS) is 11.3. The standard InChI is InChI=1S/C13H14ClN3O2S/c1-9-7-11(8-12(15)13(9)14)20(18,19)17(2)10-3-5-16-6-4-10/h3-8H,15H2,1-2H3. The van der Waals surface area contributed by atoms with Crippen LogP contribution in [0.1, 0.15) is 5.56 Å². The van der Waals surface area contributed by atoms with Gasteiger partial charge in [0.25, 0.3) is 10.0 Å². The van der Waals surface area contributed by atoms with E-state index in [0.29, 0.717) is 16.3 Å². The van der Waals surface area contributed by atoms with Crippen LogP contribution in [-0.2, 0) is 10.0 Å². The van der Waals surface area contributed by atoms with Crippen LogP contribution in [0.5, 0.6) is 0 Å². The number of aromatic nitrogens is 1. The first-order chi connectivity index (χ1) is 9.34. The van der Waals surface area contributed by atoms with Crippen LogP contribution >= 0.6 is 11.6 Å². The summed E-state index contributed by atoms with van der Waals surface area (Å²) < 4.78 is 26.3. The molecule has 0 amide bonds. The topological polar surface area (TPSA) is 76.3 Å². The maximum Gasteiger partial charge on any atom is 0.264 e. The molecule has 0 fully saturated rings. The third-order valence-electron chi connectivity index (χ3n) is 2.94. The summed E-state index contributed by atoms with van der Waals surface area (Å²) in [6.07, 6.45) is 3.06. The number of benzene rings is 1. The van der Waals surface area contributed by atoms with E-state index in [2.05, 4.69) is 4.98 Å². The Labute approximate surface area is 123 Å². The molecule has 1 heterocycles. The molecule has 0 saturated carbocycles. The van der Waals surface area contributed by atoms with Crippen molar-refractivity contribution in [3.05, 3.63) is 47.2 Å². The van der Waals surface area contributed by atoms with Gasteiger partial charge >= 0.3 is 0 Å². The van der Waals surface area contributed by atoms with Crippen molar-refractivity contribution >= 4 is 33.0 Å². The van der Waals surface area contributed by atoms with Gasteiger partial charge in [0.05, 0.1) is 21.3 Å². The van der Waals surface area contributed by atoms with Gasteiger partial charge < -0.3 is 5.73 Å². The van der Waals surface area contributed by atoms with E-state index >= 15 is 0 Å². The van der Waals surface area contributed by atoms with Crippen LogP contribution in [0.4, 0.5) is 11.4 Å². The molecule has 0 radical (unpaired) electrons. The minimum Gasteiger partial charge on any atom is -0.397 e. The van der Waals surface area contributed by atoms with Crippen molar-refractivity contribution in [2.24, 2.45) is 0 Å². The lowest BCUT2D eigenvalue weighted by molar-refractivity contribution is 0.594. The first-order valence-electron chi connectivity index (χ1n) is 5.78. The molecule has 1 aromatic heterocycles. The molecule has 1 aromatic carbocycles. The third-order valence-corrected chi connectivity index (χ3v) is 5.22. The Morgan fingerprint density at radius 2 is 1.85 bits per heavy atom. The summed E-state index contributed by atoms with van der Waals surface area (Å²) in [5.41, 5.74) is 7.11. The van der Waals surface area contributed by atoms with Gasteiger partial charge in [0.15, 0.2) is 0 Å². The van der Waals surface area contributed by atoms with Crippen molar-refractivity contribution in [1.82, 2.24) is 4.98 Å². The molecule has 0 bridgehead atoms. The number of hydrogen-bond acceptors (Lipinski definition) is 4. The number of sulfonamides is 1. The highest BCUT2D eigenvalue weighted by Crippen LogP contribution is 2.29.